The lowest BCUT2D eigenvalue weighted by molar-refractivity contribution is -0.131. The summed E-state index contributed by atoms with van der Waals surface area (Å²) >= 11 is 3.31. The number of hydrogen-bond acceptors (Lipinski definition) is 6. The quantitative estimate of drug-likeness (QED) is 0.449. The maximum Gasteiger partial charge on any atom is 0.414 e. The van der Waals surface area contributed by atoms with Gasteiger partial charge in [-0.15, -0.1) is 0 Å². The van der Waals surface area contributed by atoms with Crippen LogP contribution in [0.3, 0.4) is 0 Å². The molecule has 0 saturated carbocycles. The number of carboxylic acids is 1. The first-order chi connectivity index (χ1) is 14.8. The normalized spacial score (nSPS) is 12.8. The van der Waals surface area contributed by atoms with E-state index in [9.17, 15) is 19.5 Å². The van der Waals surface area contributed by atoms with Crippen molar-refractivity contribution in [2.45, 2.75) is 25.0 Å². The lowest BCUT2D eigenvalue weighted by atomic mass is 9.99. The monoisotopic (exact) mass is 491 g/mol. The van der Waals surface area contributed by atoms with Crippen LogP contribution in [0.1, 0.15) is 34.9 Å². The molecule has 0 fully saturated rings. The summed E-state index contributed by atoms with van der Waals surface area (Å²) in [5.41, 5.74) is 0.550. The van der Waals surface area contributed by atoms with Gasteiger partial charge in [0.1, 0.15) is 5.75 Å². The second-order valence-corrected chi connectivity index (χ2v) is 7.36. The van der Waals surface area contributed by atoms with Gasteiger partial charge in [0.05, 0.1) is 6.10 Å². The van der Waals surface area contributed by atoms with Crippen molar-refractivity contribution in [3.05, 3.63) is 76.3 Å². The van der Waals surface area contributed by atoms with Crippen molar-refractivity contribution in [1.29, 1.82) is 0 Å². The van der Waals surface area contributed by atoms with E-state index in [1.807, 2.05) is 0 Å². The Kier molecular flexibility index (Phi) is 9.23. The van der Waals surface area contributed by atoms with E-state index in [2.05, 4.69) is 21.2 Å². The molecule has 0 aromatic heterocycles. The minimum atomic E-state index is -1.08. The van der Waals surface area contributed by atoms with Crippen LogP contribution in [0.5, 0.6) is 5.75 Å². The van der Waals surface area contributed by atoms with Crippen molar-refractivity contribution < 1.29 is 34.1 Å². The fraction of sp³-hybridized carbons (Fsp3) is 0.227. The molecule has 2 aromatic rings. The summed E-state index contributed by atoms with van der Waals surface area (Å²) in [6.45, 7) is 0. The van der Waals surface area contributed by atoms with Gasteiger partial charge in [0, 0.05) is 28.8 Å². The van der Waals surface area contributed by atoms with Crippen LogP contribution >= 0.6 is 15.9 Å². The average molecular weight is 492 g/mol. The van der Waals surface area contributed by atoms with Crippen LogP contribution in [0, 0.1) is 0 Å². The van der Waals surface area contributed by atoms with Gasteiger partial charge in [-0.1, -0.05) is 40.2 Å². The Morgan fingerprint density at radius 2 is 1.87 bits per heavy atom. The molecule has 2 aromatic carbocycles. The molecule has 9 heteroatoms. The Balaban J connectivity index is 2.22. The second kappa shape index (κ2) is 11.9. The number of imide groups is 1. The number of phenols is 1. The lowest BCUT2D eigenvalue weighted by Crippen LogP contribution is -2.35. The van der Waals surface area contributed by atoms with Crippen LogP contribution in [-0.2, 0) is 14.3 Å². The highest BCUT2D eigenvalue weighted by atomic mass is 79.9. The van der Waals surface area contributed by atoms with E-state index in [0.717, 1.165) is 6.08 Å². The van der Waals surface area contributed by atoms with Crippen molar-refractivity contribution in [2.75, 3.05) is 7.11 Å². The summed E-state index contributed by atoms with van der Waals surface area (Å²) in [5.74, 6) is -1.84. The van der Waals surface area contributed by atoms with Crippen molar-refractivity contribution >= 4 is 33.9 Å². The Hall–Kier alpha value is -3.17. The standard InChI is InChI=1S/C22H22BrNO7/c1-30-18(9-5-6-10-19(26)27)20(16-13-15(23)11-12-17(16)25)31-22(29)24-21(28)14-7-3-2-4-8-14/h2-4,6-8,10-13,18,20,25H,5,9H2,1H3,(H,26,27)(H,24,28,29)/b10-6+/t18-,20-/m1/s1. The van der Waals surface area contributed by atoms with E-state index in [1.54, 1.807) is 42.5 Å². The van der Waals surface area contributed by atoms with Gasteiger partial charge in [0.2, 0.25) is 0 Å². The van der Waals surface area contributed by atoms with Gasteiger partial charge in [-0.05, 0) is 43.2 Å². The molecule has 0 saturated heterocycles. The summed E-state index contributed by atoms with van der Waals surface area (Å²) < 4.78 is 11.6. The van der Waals surface area contributed by atoms with Crippen LogP contribution < -0.4 is 5.32 Å². The van der Waals surface area contributed by atoms with Gasteiger partial charge < -0.3 is 19.7 Å². The third-order valence-electron chi connectivity index (χ3n) is 4.30. The van der Waals surface area contributed by atoms with Gasteiger partial charge in [-0.25, -0.2) is 9.59 Å². The van der Waals surface area contributed by atoms with Crippen LogP contribution in [0.2, 0.25) is 0 Å². The zero-order valence-corrected chi connectivity index (χ0v) is 18.2. The largest absolute Gasteiger partial charge is 0.508 e. The van der Waals surface area contributed by atoms with Gasteiger partial charge in [0.15, 0.2) is 6.10 Å². The molecule has 0 aliphatic heterocycles. The highest BCUT2D eigenvalue weighted by Crippen LogP contribution is 2.34. The third kappa shape index (κ3) is 7.54. The van der Waals surface area contributed by atoms with Crippen LogP contribution in [0.25, 0.3) is 0 Å². The molecule has 2 amide bonds. The minimum Gasteiger partial charge on any atom is -0.508 e. The Morgan fingerprint density at radius 3 is 2.52 bits per heavy atom. The Labute approximate surface area is 187 Å². The fourth-order valence-corrected chi connectivity index (χ4v) is 3.21. The number of carbonyl (C=O) groups excluding carboxylic acids is 2. The maximum absolute atomic E-state index is 12.5. The van der Waals surface area contributed by atoms with Gasteiger partial charge in [0.25, 0.3) is 5.91 Å². The van der Waals surface area contributed by atoms with E-state index in [0.29, 0.717) is 10.9 Å². The highest BCUT2D eigenvalue weighted by molar-refractivity contribution is 9.10. The molecule has 3 N–H and O–H groups in total. The van der Waals surface area contributed by atoms with Gasteiger partial charge >= 0.3 is 12.1 Å². The molecule has 0 bridgehead atoms. The van der Waals surface area contributed by atoms with E-state index in [1.165, 1.54) is 19.3 Å². The van der Waals surface area contributed by atoms with Crippen molar-refractivity contribution in [3.8, 4) is 5.75 Å². The smallest absolute Gasteiger partial charge is 0.414 e. The number of nitrogens with one attached hydrogen (secondary N) is 1. The number of benzene rings is 2. The minimum absolute atomic E-state index is 0.126. The SMILES string of the molecule is CO[C@H](CC/C=C/C(=O)O)[C@H](OC(=O)NC(=O)c1ccccc1)c1cc(Br)ccc1O. The molecule has 2 rings (SSSR count). The lowest BCUT2D eigenvalue weighted by Gasteiger charge is -2.27. The molecule has 2 atom stereocenters. The van der Waals surface area contributed by atoms with Crippen LogP contribution in [0.15, 0.2) is 65.2 Å². The number of amides is 2. The Bertz CT molecular complexity index is 946. The molecule has 164 valence electrons. The molecule has 31 heavy (non-hydrogen) atoms. The van der Waals surface area contributed by atoms with E-state index in [4.69, 9.17) is 14.6 Å². The van der Waals surface area contributed by atoms with Crippen LogP contribution in [-0.4, -0.2) is 41.4 Å². The predicted molar refractivity (Wildman–Crippen MR) is 116 cm³/mol. The summed E-state index contributed by atoms with van der Waals surface area (Å²) in [6.07, 6.45) is 0.262. The molecule has 8 nitrogen and oxygen atoms in total. The van der Waals surface area contributed by atoms with Gasteiger partial charge in [-0.3, -0.25) is 10.1 Å². The number of alkyl carbamates (subject to hydrolysis) is 1. The van der Waals surface area contributed by atoms with E-state index in [-0.39, 0.29) is 23.3 Å². The number of halogens is 1. The number of aromatic hydroxyl groups is 1. The topological polar surface area (TPSA) is 122 Å². The molecule has 0 unspecified atom stereocenters. The number of methoxy groups -OCH3 is 1. The van der Waals surface area contributed by atoms with Crippen molar-refractivity contribution in [3.63, 3.8) is 0 Å². The first-order valence-electron chi connectivity index (χ1n) is 9.29. The second-order valence-electron chi connectivity index (χ2n) is 6.44. The number of carbonyl (C=O) groups is 3. The maximum atomic E-state index is 12.5. The fourth-order valence-electron chi connectivity index (χ4n) is 2.83. The number of aliphatic carboxylic acids is 1. The molecule has 0 radical (unpaired) electrons. The first-order valence-corrected chi connectivity index (χ1v) is 10.1. The zero-order chi connectivity index (χ0) is 22.8. The molecule has 0 aliphatic rings. The first kappa shape index (κ1) is 24.1. The highest BCUT2D eigenvalue weighted by Gasteiger charge is 2.30. The third-order valence-corrected chi connectivity index (χ3v) is 4.79. The summed E-state index contributed by atoms with van der Waals surface area (Å²) in [5, 5.41) is 21.2. The number of ether oxygens (including phenoxy) is 2. The Morgan fingerprint density at radius 1 is 1.16 bits per heavy atom. The van der Waals surface area contributed by atoms with E-state index >= 15 is 0 Å². The van der Waals surface area contributed by atoms with Crippen molar-refractivity contribution in [2.24, 2.45) is 0 Å². The molecule has 0 aliphatic carbocycles. The summed E-state index contributed by atoms with van der Waals surface area (Å²) in [7, 11) is 1.41. The average Bonchev–Trinajstić information content (AvgIpc) is 2.74. The number of phenolic OH excluding ortho intramolecular Hbond substituents is 1. The summed E-state index contributed by atoms with van der Waals surface area (Å²) in [4.78, 5) is 35.3. The number of allylic oxidation sites excluding steroid dienone is 1. The molecular formula is C22H22BrNO7. The predicted octanol–water partition coefficient (Wildman–Crippen LogP) is 4.20. The molecule has 0 spiro atoms. The van der Waals surface area contributed by atoms with E-state index < -0.39 is 30.2 Å². The van der Waals surface area contributed by atoms with Crippen molar-refractivity contribution in [1.82, 2.24) is 5.32 Å². The number of carboxylic acid groups (broad SMARTS) is 1. The number of rotatable bonds is 9. The summed E-state index contributed by atoms with van der Waals surface area (Å²) in [6, 6.07) is 12.8. The van der Waals surface area contributed by atoms with Crippen LogP contribution in [0.4, 0.5) is 4.79 Å². The molecule has 0 heterocycles. The number of hydrogen-bond donors (Lipinski definition) is 3. The zero-order valence-electron chi connectivity index (χ0n) is 16.7. The van der Waals surface area contributed by atoms with Gasteiger partial charge in [-0.2, -0.15) is 0 Å². The molecular weight excluding hydrogens is 470 g/mol.